The Kier molecular flexibility index (Phi) is 6.42. The monoisotopic (exact) mass is 343 g/mol. The van der Waals surface area contributed by atoms with E-state index in [2.05, 4.69) is 10.3 Å². The van der Waals surface area contributed by atoms with Crippen molar-refractivity contribution >= 4 is 11.8 Å². The summed E-state index contributed by atoms with van der Waals surface area (Å²) in [6, 6.07) is 2.07. The van der Waals surface area contributed by atoms with E-state index in [1.807, 2.05) is 0 Å². The third-order valence-corrected chi connectivity index (χ3v) is 3.39. The molecule has 1 aromatic rings. The van der Waals surface area contributed by atoms with Crippen LogP contribution in [-0.4, -0.2) is 67.1 Å². The van der Waals surface area contributed by atoms with Crippen LogP contribution in [0.25, 0.3) is 0 Å². The van der Waals surface area contributed by atoms with Gasteiger partial charge >= 0.3 is 0 Å². The van der Waals surface area contributed by atoms with Crippen LogP contribution in [0.4, 0.5) is 8.78 Å². The molecular weight excluding hydrogens is 324 g/mol. The molecule has 1 aromatic heterocycles. The van der Waals surface area contributed by atoms with Gasteiger partial charge in [-0.25, -0.2) is 13.8 Å². The van der Waals surface area contributed by atoms with Crippen LogP contribution >= 0.6 is 0 Å². The zero-order valence-electron chi connectivity index (χ0n) is 13.2. The SMILES string of the molecule is C[C@@H](NC(=O)c1ncccc1OCC(F)F)C(=O)N1CCOCC1. The van der Waals surface area contributed by atoms with Gasteiger partial charge in [-0.3, -0.25) is 9.59 Å². The summed E-state index contributed by atoms with van der Waals surface area (Å²) >= 11 is 0. The Hall–Kier alpha value is -2.29. The van der Waals surface area contributed by atoms with Crippen LogP contribution in [0.1, 0.15) is 17.4 Å². The number of aromatic nitrogens is 1. The molecule has 0 radical (unpaired) electrons. The first kappa shape index (κ1) is 18.1. The second kappa shape index (κ2) is 8.53. The topological polar surface area (TPSA) is 80.8 Å². The highest BCUT2D eigenvalue weighted by Gasteiger charge is 2.25. The van der Waals surface area contributed by atoms with E-state index in [-0.39, 0.29) is 17.4 Å². The number of hydrogen-bond donors (Lipinski definition) is 1. The van der Waals surface area contributed by atoms with E-state index in [9.17, 15) is 18.4 Å². The number of hydrogen-bond acceptors (Lipinski definition) is 5. The van der Waals surface area contributed by atoms with Crippen LogP contribution in [-0.2, 0) is 9.53 Å². The van der Waals surface area contributed by atoms with E-state index in [1.54, 1.807) is 11.8 Å². The molecule has 0 unspecified atom stereocenters. The summed E-state index contributed by atoms with van der Waals surface area (Å²) in [7, 11) is 0. The lowest BCUT2D eigenvalue weighted by molar-refractivity contribution is -0.136. The summed E-state index contributed by atoms with van der Waals surface area (Å²) in [5.74, 6) is -0.951. The summed E-state index contributed by atoms with van der Waals surface area (Å²) in [5, 5.41) is 2.52. The van der Waals surface area contributed by atoms with Crippen LogP contribution < -0.4 is 10.1 Å². The number of carbonyl (C=O) groups is 2. The minimum absolute atomic E-state index is 0.0543. The van der Waals surface area contributed by atoms with Crippen molar-refractivity contribution in [3.63, 3.8) is 0 Å². The predicted octanol–water partition coefficient (Wildman–Crippen LogP) is 0.703. The third-order valence-electron chi connectivity index (χ3n) is 3.39. The summed E-state index contributed by atoms with van der Waals surface area (Å²) in [6.45, 7) is 2.56. The molecule has 1 aliphatic rings. The number of nitrogens with one attached hydrogen (secondary N) is 1. The van der Waals surface area contributed by atoms with Crippen molar-refractivity contribution in [1.82, 2.24) is 15.2 Å². The van der Waals surface area contributed by atoms with Crippen molar-refractivity contribution in [2.75, 3.05) is 32.9 Å². The minimum atomic E-state index is -2.66. The number of ether oxygens (including phenoxy) is 2. The average Bonchev–Trinajstić information content (AvgIpc) is 2.60. The van der Waals surface area contributed by atoms with Gasteiger partial charge < -0.3 is 19.7 Å². The molecular formula is C15H19F2N3O4. The number of halogens is 2. The number of alkyl halides is 2. The Morgan fingerprint density at radius 1 is 1.42 bits per heavy atom. The number of nitrogens with zero attached hydrogens (tertiary/aromatic N) is 2. The molecule has 2 rings (SSSR count). The lowest BCUT2D eigenvalue weighted by Gasteiger charge is -2.29. The highest BCUT2D eigenvalue weighted by Crippen LogP contribution is 2.16. The molecule has 0 spiro atoms. The maximum atomic E-state index is 12.3. The van der Waals surface area contributed by atoms with Gasteiger partial charge in [0.05, 0.1) is 13.2 Å². The highest BCUT2D eigenvalue weighted by molar-refractivity contribution is 5.97. The average molecular weight is 343 g/mol. The van der Waals surface area contributed by atoms with Gasteiger partial charge in [0.25, 0.3) is 12.3 Å². The number of amides is 2. The van der Waals surface area contributed by atoms with Gasteiger partial charge in [0.1, 0.15) is 12.6 Å². The van der Waals surface area contributed by atoms with Crippen LogP contribution in [0, 0.1) is 0 Å². The molecule has 0 bridgehead atoms. The van der Waals surface area contributed by atoms with Crippen LogP contribution in [0.15, 0.2) is 18.3 Å². The number of rotatable bonds is 6. The summed E-state index contributed by atoms with van der Waals surface area (Å²) < 4.78 is 34.6. The fourth-order valence-electron chi connectivity index (χ4n) is 2.21. The molecule has 24 heavy (non-hydrogen) atoms. The van der Waals surface area contributed by atoms with Crippen LogP contribution in [0.3, 0.4) is 0 Å². The van der Waals surface area contributed by atoms with Gasteiger partial charge in [-0.2, -0.15) is 0 Å². The number of morpholine rings is 1. The van der Waals surface area contributed by atoms with E-state index < -0.39 is 25.0 Å². The molecule has 2 heterocycles. The van der Waals surface area contributed by atoms with E-state index in [0.29, 0.717) is 26.3 Å². The Morgan fingerprint density at radius 2 is 2.12 bits per heavy atom. The molecule has 0 saturated carbocycles. The van der Waals surface area contributed by atoms with Crippen molar-refractivity contribution in [2.24, 2.45) is 0 Å². The standard InChI is InChI=1S/C15H19F2N3O4/c1-10(15(22)20-5-7-23-8-6-20)19-14(21)13-11(3-2-4-18-13)24-9-12(16)17/h2-4,10,12H,5-9H2,1H3,(H,19,21)/t10-/m1/s1. The normalized spacial score (nSPS) is 15.9. The van der Waals surface area contributed by atoms with E-state index in [4.69, 9.17) is 9.47 Å². The third kappa shape index (κ3) is 4.85. The zero-order chi connectivity index (χ0) is 17.5. The molecule has 1 fully saturated rings. The molecule has 132 valence electrons. The molecule has 0 aliphatic carbocycles. The first-order valence-corrected chi connectivity index (χ1v) is 7.52. The highest BCUT2D eigenvalue weighted by atomic mass is 19.3. The first-order chi connectivity index (χ1) is 11.5. The lowest BCUT2D eigenvalue weighted by Crippen LogP contribution is -2.50. The smallest absolute Gasteiger partial charge is 0.274 e. The zero-order valence-corrected chi connectivity index (χ0v) is 13.2. The number of pyridine rings is 1. The summed E-state index contributed by atoms with van der Waals surface area (Å²) in [6.07, 6.45) is -1.32. The quantitative estimate of drug-likeness (QED) is 0.822. The molecule has 0 aromatic carbocycles. The molecule has 9 heteroatoms. The second-order valence-electron chi connectivity index (χ2n) is 5.19. The van der Waals surface area contributed by atoms with Crippen LogP contribution in [0.5, 0.6) is 5.75 Å². The fourth-order valence-corrected chi connectivity index (χ4v) is 2.21. The van der Waals surface area contributed by atoms with E-state index in [1.165, 1.54) is 18.3 Å². The van der Waals surface area contributed by atoms with Gasteiger partial charge in [0.15, 0.2) is 11.4 Å². The summed E-state index contributed by atoms with van der Waals surface area (Å²) in [4.78, 5) is 30.0. The largest absolute Gasteiger partial charge is 0.485 e. The van der Waals surface area contributed by atoms with Crippen LogP contribution in [0.2, 0.25) is 0 Å². The Balaban J connectivity index is 1.99. The summed E-state index contributed by atoms with van der Waals surface area (Å²) in [5.41, 5.74) is -0.139. The molecule has 2 amide bonds. The molecule has 1 atom stereocenters. The van der Waals surface area contributed by atoms with Gasteiger partial charge in [-0.1, -0.05) is 0 Å². The van der Waals surface area contributed by atoms with Crippen molar-refractivity contribution in [2.45, 2.75) is 19.4 Å². The van der Waals surface area contributed by atoms with E-state index in [0.717, 1.165) is 0 Å². The van der Waals surface area contributed by atoms with Gasteiger partial charge in [-0.05, 0) is 19.1 Å². The number of carbonyl (C=O) groups excluding carboxylic acids is 2. The molecule has 1 N–H and O–H groups in total. The predicted molar refractivity (Wildman–Crippen MR) is 80.1 cm³/mol. The fraction of sp³-hybridized carbons (Fsp3) is 0.533. The van der Waals surface area contributed by atoms with Crippen molar-refractivity contribution in [1.29, 1.82) is 0 Å². The Labute approximate surface area is 137 Å². The Morgan fingerprint density at radius 3 is 2.79 bits per heavy atom. The van der Waals surface area contributed by atoms with Crippen molar-refractivity contribution in [3.8, 4) is 5.75 Å². The lowest BCUT2D eigenvalue weighted by atomic mass is 10.2. The van der Waals surface area contributed by atoms with Crippen molar-refractivity contribution < 1.29 is 27.8 Å². The van der Waals surface area contributed by atoms with Crippen molar-refractivity contribution in [3.05, 3.63) is 24.0 Å². The maximum absolute atomic E-state index is 12.3. The molecule has 7 nitrogen and oxygen atoms in total. The van der Waals surface area contributed by atoms with Gasteiger partial charge in [-0.15, -0.1) is 0 Å². The second-order valence-corrected chi connectivity index (χ2v) is 5.19. The first-order valence-electron chi connectivity index (χ1n) is 7.52. The molecule has 1 aliphatic heterocycles. The van der Waals surface area contributed by atoms with E-state index >= 15 is 0 Å². The maximum Gasteiger partial charge on any atom is 0.274 e. The Bertz CT molecular complexity index is 580. The minimum Gasteiger partial charge on any atom is -0.485 e. The van der Waals surface area contributed by atoms with Gasteiger partial charge in [0.2, 0.25) is 5.91 Å². The van der Waals surface area contributed by atoms with Gasteiger partial charge in [0, 0.05) is 19.3 Å². The molecule has 1 saturated heterocycles.